The lowest BCUT2D eigenvalue weighted by Crippen LogP contribution is -1.91. The molecule has 0 aliphatic carbocycles. The van der Waals surface area contributed by atoms with Gasteiger partial charge in [0.05, 0.1) is 4.92 Å². The fourth-order valence-electron chi connectivity index (χ4n) is 0.335. The quantitative estimate of drug-likeness (QED) is 0.306. The molecule has 0 aromatic heterocycles. The van der Waals surface area contributed by atoms with E-state index in [1.54, 1.807) is 0 Å². The maximum atomic E-state index is 10.1. The van der Waals surface area contributed by atoms with E-state index in [9.17, 15) is 10.1 Å². The fourth-order valence-corrected chi connectivity index (χ4v) is 0.409. The Labute approximate surface area is 70.7 Å². The van der Waals surface area contributed by atoms with Crippen LogP contribution in [0.25, 0.3) is 0 Å². The van der Waals surface area contributed by atoms with Gasteiger partial charge in [0, 0.05) is 17.9 Å². The second-order valence-corrected chi connectivity index (χ2v) is 2.38. The summed E-state index contributed by atoms with van der Waals surface area (Å²) in [4.78, 5) is 10.2. The molecule has 0 saturated heterocycles. The van der Waals surface area contributed by atoms with Gasteiger partial charge in [-0.05, 0) is 6.08 Å². The van der Waals surface area contributed by atoms with E-state index in [1.807, 2.05) is 0 Å². The number of thiol groups is 1. The van der Waals surface area contributed by atoms with Gasteiger partial charge in [-0.15, -0.1) is 12.6 Å². The van der Waals surface area contributed by atoms with E-state index >= 15 is 0 Å². The molecule has 0 rings (SSSR count). The van der Waals surface area contributed by atoms with Gasteiger partial charge in [0.2, 0.25) is 5.70 Å². The van der Waals surface area contributed by atoms with Crippen molar-refractivity contribution in [1.82, 2.24) is 0 Å². The first-order valence-electron chi connectivity index (χ1n) is 2.92. The molecule has 0 fully saturated rings. The summed E-state index contributed by atoms with van der Waals surface area (Å²) >= 11 is 3.95. The monoisotopic (exact) mass is 171 g/mol. The number of hydrogen-bond donors (Lipinski definition) is 1. The van der Waals surface area contributed by atoms with Crippen LogP contribution < -0.4 is 0 Å². The number of rotatable bonds is 3. The summed E-state index contributed by atoms with van der Waals surface area (Å²) in [5.41, 5.74) is 0.0819. The lowest BCUT2D eigenvalue weighted by molar-refractivity contribution is -0.424. The van der Waals surface area contributed by atoms with Gasteiger partial charge in [0.25, 0.3) is 0 Å². The van der Waals surface area contributed by atoms with Gasteiger partial charge in [-0.2, -0.15) is 0 Å². The molecule has 3 nitrogen and oxygen atoms in total. The Bertz CT molecular complexity index is 231. The molecule has 0 spiro atoms. The summed E-state index contributed by atoms with van der Waals surface area (Å²) in [6.07, 6.45) is 4.41. The van der Waals surface area contributed by atoms with Crippen molar-refractivity contribution in [3.63, 3.8) is 0 Å². The van der Waals surface area contributed by atoms with E-state index in [0.29, 0.717) is 4.91 Å². The van der Waals surface area contributed by atoms with Gasteiger partial charge in [-0.25, -0.2) is 0 Å². The van der Waals surface area contributed by atoms with Crippen molar-refractivity contribution in [2.45, 2.75) is 6.92 Å². The number of hydrogen-bond acceptors (Lipinski definition) is 3. The highest BCUT2D eigenvalue weighted by molar-refractivity contribution is 7.84. The largest absolute Gasteiger partial charge is 0.259 e. The van der Waals surface area contributed by atoms with Crippen LogP contribution in [-0.2, 0) is 0 Å². The van der Waals surface area contributed by atoms with Crippen molar-refractivity contribution >= 4 is 12.6 Å². The average molecular weight is 171 g/mol. The summed E-state index contributed by atoms with van der Waals surface area (Å²) in [5.74, 6) is 0. The van der Waals surface area contributed by atoms with Gasteiger partial charge in [0.15, 0.2) is 0 Å². The molecule has 0 saturated carbocycles. The first-order valence-corrected chi connectivity index (χ1v) is 3.37. The lowest BCUT2D eigenvalue weighted by Gasteiger charge is -1.86. The molecule has 0 aliphatic rings. The zero-order valence-electron chi connectivity index (χ0n) is 6.15. The molecule has 0 N–H and O–H groups in total. The second kappa shape index (κ2) is 4.73. The highest BCUT2D eigenvalue weighted by Gasteiger charge is 1.97. The topological polar surface area (TPSA) is 43.1 Å². The maximum absolute atomic E-state index is 10.1. The Morgan fingerprint density at radius 1 is 1.64 bits per heavy atom. The molecular formula is C7H9NO2S. The summed E-state index contributed by atoms with van der Waals surface area (Å²) in [5, 5.41) is 10.1. The molecule has 60 valence electrons. The molecule has 0 amide bonds. The van der Waals surface area contributed by atoms with E-state index in [0.717, 1.165) is 0 Å². The minimum absolute atomic E-state index is 0.0819. The number of nitrogens with zero attached hydrogens (tertiary/aromatic N) is 1. The van der Waals surface area contributed by atoms with Crippen LogP contribution in [0.1, 0.15) is 6.92 Å². The smallest absolute Gasteiger partial charge is 0.243 e. The van der Waals surface area contributed by atoms with Crippen LogP contribution in [-0.4, -0.2) is 4.92 Å². The fraction of sp³-hybridized carbons (Fsp3) is 0.143. The molecule has 0 heterocycles. The molecule has 0 aromatic carbocycles. The molecule has 4 heteroatoms. The van der Waals surface area contributed by atoms with E-state index < -0.39 is 4.92 Å². The van der Waals surface area contributed by atoms with E-state index in [4.69, 9.17) is 0 Å². The van der Waals surface area contributed by atoms with Gasteiger partial charge in [-0.3, -0.25) is 10.1 Å². The van der Waals surface area contributed by atoms with Crippen LogP contribution in [0.4, 0.5) is 0 Å². The molecular weight excluding hydrogens is 162 g/mol. The Hall–Kier alpha value is -1.03. The minimum Gasteiger partial charge on any atom is -0.259 e. The Morgan fingerprint density at radius 3 is 2.55 bits per heavy atom. The van der Waals surface area contributed by atoms with Gasteiger partial charge < -0.3 is 0 Å². The molecule has 0 bridgehead atoms. The van der Waals surface area contributed by atoms with Crippen molar-refractivity contribution in [3.8, 4) is 0 Å². The summed E-state index contributed by atoms with van der Waals surface area (Å²) < 4.78 is 0. The maximum Gasteiger partial charge on any atom is 0.243 e. The molecule has 0 aromatic rings. The van der Waals surface area contributed by atoms with Gasteiger partial charge in [0.1, 0.15) is 0 Å². The Balaban J connectivity index is 4.34. The predicted octanol–water partition coefficient (Wildman–Crippen LogP) is 2.17. The first-order chi connectivity index (χ1) is 5.07. The second-order valence-electron chi connectivity index (χ2n) is 1.86. The summed E-state index contributed by atoms with van der Waals surface area (Å²) in [6.45, 7) is 4.86. The van der Waals surface area contributed by atoms with Crippen LogP contribution in [0.3, 0.4) is 0 Å². The van der Waals surface area contributed by atoms with Crippen LogP contribution >= 0.6 is 12.6 Å². The highest BCUT2D eigenvalue weighted by Crippen LogP contribution is 2.02. The number of allylic oxidation sites excluding steroid dienone is 4. The molecule has 11 heavy (non-hydrogen) atoms. The van der Waals surface area contributed by atoms with Gasteiger partial charge in [-0.1, -0.05) is 12.7 Å². The van der Waals surface area contributed by atoms with Crippen molar-refractivity contribution in [2.75, 3.05) is 0 Å². The average Bonchev–Trinajstić information content (AvgIpc) is 1.99. The number of nitro groups is 1. The van der Waals surface area contributed by atoms with Crippen LogP contribution in [0, 0.1) is 10.1 Å². The van der Waals surface area contributed by atoms with E-state index in [2.05, 4.69) is 19.2 Å². The SMILES string of the molecule is C=C/C(S)=C\C=C(/C)[N+](=O)[O-]. The summed E-state index contributed by atoms with van der Waals surface area (Å²) in [6, 6.07) is 0. The Kier molecular flexibility index (Phi) is 4.29. The third-order valence-electron chi connectivity index (χ3n) is 0.992. The lowest BCUT2D eigenvalue weighted by atomic mass is 10.4. The van der Waals surface area contributed by atoms with E-state index in [1.165, 1.54) is 25.2 Å². The zero-order valence-corrected chi connectivity index (χ0v) is 7.04. The minimum atomic E-state index is -0.458. The van der Waals surface area contributed by atoms with Crippen LogP contribution in [0.15, 0.2) is 35.4 Å². The Morgan fingerprint density at radius 2 is 2.18 bits per heavy atom. The van der Waals surface area contributed by atoms with Crippen LogP contribution in [0.2, 0.25) is 0 Å². The van der Waals surface area contributed by atoms with Crippen molar-refractivity contribution in [2.24, 2.45) is 0 Å². The van der Waals surface area contributed by atoms with Crippen molar-refractivity contribution in [3.05, 3.63) is 45.5 Å². The normalized spacial score (nSPS) is 12.9. The van der Waals surface area contributed by atoms with E-state index in [-0.39, 0.29) is 5.70 Å². The molecule has 0 atom stereocenters. The van der Waals surface area contributed by atoms with Gasteiger partial charge >= 0.3 is 0 Å². The predicted molar refractivity (Wildman–Crippen MR) is 48.0 cm³/mol. The first kappa shape index (κ1) is 9.97. The third-order valence-corrected chi connectivity index (χ3v) is 1.32. The standard InChI is InChI=1S/C7H9NO2S/c1-3-7(11)5-4-6(2)8(9)10/h3-5,11H,1H2,2H3/b6-4+,7-5+. The van der Waals surface area contributed by atoms with Crippen molar-refractivity contribution in [1.29, 1.82) is 0 Å². The molecule has 0 aliphatic heterocycles. The summed E-state index contributed by atoms with van der Waals surface area (Å²) in [7, 11) is 0. The molecule has 0 radical (unpaired) electrons. The highest BCUT2D eigenvalue weighted by atomic mass is 32.1. The third kappa shape index (κ3) is 4.38. The molecule has 0 unspecified atom stereocenters. The van der Waals surface area contributed by atoms with Crippen LogP contribution in [0.5, 0.6) is 0 Å². The zero-order chi connectivity index (χ0) is 8.85. The van der Waals surface area contributed by atoms with Crippen molar-refractivity contribution < 1.29 is 4.92 Å².